The first-order valence-electron chi connectivity index (χ1n) is 6.60. The molecule has 0 aromatic carbocycles. The fourth-order valence-corrected chi connectivity index (χ4v) is 15.5. The molecule has 0 radical (unpaired) electrons. The van der Waals surface area contributed by atoms with E-state index < -0.39 is 0 Å². The van der Waals surface area contributed by atoms with Gasteiger partial charge in [-0.25, -0.2) is 0 Å². The lowest BCUT2D eigenvalue weighted by Crippen LogP contribution is -2.17. The highest BCUT2D eigenvalue weighted by Crippen LogP contribution is 2.62. The molecule has 0 unspecified atom stereocenters. The van der Waals surface area contributed by atoms with Gasteiger partial charge < -0.3 is 8.85 Å². The lowest BCUT2D eigenvalue weighted by atomic mass is 10.9. The molecule has 2 nitrogen and oxygen atoms in total. The van der Waals surface area contributed by atoms with Crippen LogP contribution in [0.25, 0.3) is 0 Å². The molecule has 0 spiro atoms. The third kappa shape index (κ3) is 5.27. The Morgan fingerprint density at radius 1 is 0.833 bits per heavy atom. The summed E-state index contributed by atoms with van der Waals surface area (Å²) in [7, 11) is 7.55. The highest BCUT2D eigenvalue weighted by atomic mass is 33.7. The van der Waals surface area contributed by atoms with Gasteiger partial charge in [-0.15, -0.1) is 0 Å². The van der Waals surface area contributed by atoms with Crippen LogP contribution < -0.4 is 0 Å². The van der Waals surface area contributed by atoms with E-state index in [1.807, 2.05) is 19.7 Å². The first-order chi connectivity index (χ1) is 8.74. The van der Waals surface area contributed by atoms with Gasteiger partial charge in [0.1, 0.15) is 0 Å². The van der Waals surface area contributed by atoms with E-state index in [-0.39, 0.29) is 19.5 Å². The second kappa shape index (κ2) is 7.67. The Hall–Kier alpha value is 1.75. The third-order valence-electron chi connectivity index (χ3n) is 3.20. The van der Waals surface area contributed by atoms with Gasteiger partial charge >= 0.3 is 0 Å². The van der Waals surface area contributed by atoms with Crippen LogP contribution in [0, 0.1) is 0 Å². The monoisotopic (exact) mass is 358 g/mol. The molecule has 106 valence electrons. The lowest BCUT2D eigenvalue weighted by Gasteiger charge is -2.14. The Morgan fingerprint density at radius 3 is 1.50 bits per heavy atom. The molecule has 0 aliphatic heterocycles. The summed E-state index contributed by atoms with van der Waals surface area (Å²) in [5.41, 5.74) is 0. The average Bonchev–Trinajstić information content (AvgIpc) is 3.28. The largest absolute Gasteiger partial charge is 0.423 e. The maximum absolute atomic E-state index is 5.70. The van der Waals surface area contributed by atoms with Crippen molar-refractivity contribution in [3.63, 3.8) is 0 Å². The zero-order valence-electron chi connectivity index (χ0n) is 11.1. The van der Waals surface area contributed by atoms with Crippen molar-refractivity contribution in [1.82, 2.24) is 0 Å². The molecular weight excluding hydrogens is 337 g/mol. The van der Waals surface area contributed by atoms with Crippen molar-refractivity contribution in [3.8, 4) is 0 Å². The molecular formula is C10H22O2S4Si2. The SMILES string of the molecule is CCO[SiH2]C1(SSSSC2([SiH2]OCC)CC2)CC1. The molecule has 18 heavy (non-hydrogen) atoms. The van der Waals surface area contributed by atoms with Gasteiger partial charge in [-0.3, -0.25) is 0 Å². The first-order valence-corrected chi connectivity index (χ1v) is 14.0. The molecule has 0 saturated heterocycles. The lowest BCUT2D eigenvalue weighted by molar-refractivity contribution is 0.357. The summed E-state index contributed by atoms with van der Waals surface area (Å²) in [5.74, 6) is 0. The molecule has 8 heteroatoms. The average molecular weight is 359 g/mol. The zero-order chi connectivity index (χ0) is 12.9. The summed E-state index contributed by atoms with van der Waals surface area (Å²) in [4.78, 5) is 0. The summed E-state index contributed by atoms with van der Waals surface area (Å²) in [6, 6.07) is 0. The molecule has 0 amide bonds. The molecule has 2 fully saturated rings. The molecule has 0 aromatic heterocycles. The molecule has 2 rings (SSSR count). The van der Waals surface area contributed by atoms with Crippen molar-refractivity contribution in [2.24, 2.45) is 0 Å². The normalized spacial score (nSPS) is 24.3. The molecule has 0 bridgehead atoms. The zero-order valence-corrected chi connectivity index (χ0v) is 17.2. The van der Waals surface area contributed by atoms with Gasteiger partial charge in [0.05, 0.1) is 0 Å². The van der Waals surface area contributed by atoms with Crippen LogP contribution >= 0.6 is 41.2 Å². The number of rotatable bonds is 11. The van der Waals surface area contributed by atoms with E-state index in [4.69, 9.17) is 8.85 Å². The predicted octanol–water partition coefficient (Wildman–Crippen LogP) is 2.89. The van der Waals surface area contributed by atoms with Crippen molar-refractivity contribution in [1.29, 1.82) is 0 Å². The molecule has 2 saturated carbocycles. The van der Waals surface area contributed by atoms with Gasteiger partial charge in [-0.05, 0) is 59.2 Å². The van der Waals surface area contributed by atoms with E-state index in [2.05, 4.69) is 35.4 Å². The van der Waals surface area contributed by atoms with Crippen LogP contribution in [-0.4, -0.2) is 41.5 Å². The van der Waals surface area contributed by atoms with Gasteiger partial charge in [0.2, 0.25) is 0 Å². The maximum atomic E-state index is 5.70. The van der Waals surface area contributed by atoms with Crippen LogP contribution in [0.15, 0.2) is 0 Å². The van der Waals surface area contributed by atoms with Crippen LogP contribution in [0.5, 0.6) is 0 Å². The maximum Gasteiger partial charge on any atom is 0.178 e. The minimum atomic E-state index is -0.306. The summed E-state index contributed by atoms with van der Waals surface area (Å²) in [6.45, 7) is 6.04. The topological polar surface area (TPSA) is 18.5 Å². The summed E-state index contributed by atoms with van der Waals surface area (Å²) < 4.78 is 12.6. The van der Waals surface area contributed by atoms with Crippen molar-refractivity contribution in [2.75, 3.05) is 13.2 Å². The van der Waals surface area contributed by atoms with E-state index in [1.54, 1.807) is 0 Å². The van der Waals surface area contributed by atoms with Crippen LogP contribution in [0.2, 0.25) is 0 Å². The highest BCUT2D eigenvalue weighted by Gasteiger charge is 2.47. The van der Waals surface area contributed by atoms with Crippen molar-refractivity contribution in [3.05, 3.63) is 0 Å². The fraction of sp³-hybridized carbons (Fsp3) is 1.00. The molecule has 0 N–H and O–H groups in total. The van der Waals surface area contributed by atoms with E-state index in [0.717, 1.165) is 13.2 Å². The molecule has 0 heterocycles. The number of hydrogen-bond acceptors (Lipinski definition) is 6. The summed E-state index contributed by atoms with van der Waals surface area (Å²) in [5, 5.41) is 0. The van der Waals surface area contributed by atoms with Gasteiger partial charge in [0.25, 0.3) is 0 Å². The van der Waals surface area contributed by atoms with Crippen LogP contribution in [0.1, 0.15) is 39.5 Å². The number of hydrogen-bond donors (Lipinski definition) is 0. The smallest absolute Gasteiger partial charge is 0.178 e. The Kier molecular flexibility index (Phi) is 6.88. The molecule has 0 atom stereocenters. The van der Waals surface area contributed by atoms with Crippen molar-refractivity contribution < 1.29 is 8.85 Å². The van der Waals surface area contributed by atoms with Crippen LogP contribution in [-0.2, 0) is 8.85 Å². The van der Waals surface area contributed by atoms with E-state index in [9.17, 15) is 0 Å². The Bertz CT molecular complexity index is 236. The quantitative estimate of drug-likeness (QED) is 0.319. The Labute approximate surface area is 130 Å². The van der Waals surface area contributed by atoms with E-state index in [0.29, 0.717) is 8.74 Å². The van der Waals surface area contributed by atoms with Gasteiger partial charge in [0.15, 0.2) is 19.5 Å². The summed E-state index contributed by atoms with van der Waals surface area (Å²) >= 11 is 0. The summed E-state index contributed by atoms with van der Waals surface area (Å²) in [6.07, 6.45) is 5.56. The van der Waals surface area contributed by atoms with Gasteiger partial charge in [0, 0.05) is 22.0 Å². The Morgan fingerprint density at radius 2 is 1.22 bits per heavy atom. The highest BCUT2D eigenvalue weighted by molar-refractivity contribution is 9.26. The van der Waals surface area contributed by atoms with Crippen molar-refractivity contribution >= 4 is 60.8 Å². The van der Waals surface area contributed by atoms with E-state index >= 15 is 0 Å². The minimum absolute atomic E-state index is 0.306. The van der Waals surface area contributed by atoms with Gasteiger partial charge in [-0.2, -0.15) is 0 Å². The predicted molar refractivity (Wildman–Crippen MR) is 94.6 cm³/mol. The van der Waals surface area contributed by atoms with Crippen molar-refractivity contribution in [2.45, 2.75) is 48.3 Å². The van der Waals surface area contributed by atoms with E-state index in [1.165, 1.54) is 25.7 Å². The standard InChI is InChI=1S/C10H22O2S4Si2/c1-3-11-17-9(5-6-9)13-15-16-14-10(7-8-10)18-12-4-2/h3-8,17-18H2,1-2H3. The van der Waals surface area contributed by atoms with Gasteiger partial charge in [-0.1, -0.05) is 21.6 Å². The second-order valence-corrected chi connectivity index (χ2v) is 16.7. The minimum Gasteiger partial charge on any atom is -0.423 e. The molecule has 2 aliphatic carbocycles. The second-order valence-electron chi connectivity index (χ2n) is 4.94. The Balaban J connectivity index is 1.53. The van der Waals surface area contributed by atoms with Crippen LogP contribution in [0.3, 0.4) is 0 Å². The third-order valence-corrected chi connectivity index (χ3v) is 17.4. The molecule has 2 aliphatic rings. The fourth-order valence-electron chi connectivity index (χ4n) is 1.53. The first kappa shape index (κ1) is 16.1. The van der Waals surface area contributed by atoms with Crippen LogP contribution in [0.4, 0.5) is 0 Å². The molecule has 0 aromatic rings.